The highest BCUT2D eigenvalue weighted by molar-refractivity contribution is 6.32. The van der Waals surface area contributed by atoms with Gasteiger partial charge in [-0.05, 0) is 25.5 Å². The van der Waals surface area contributed by atoms with Crippen molar-refractivity contribution in [2.75, 3.05) is 33.9 Å². The molecule has 1 amide bonds. The van der Waals surface area contributed by atoms with Crippen molar-refractivity contribution in [3.05, 3.63) is 22.7 Å². The van der Waals surface area contributed by atoms with Crippen LogP contribution in [0.4, 0.5) is 0 Å². The summed E-state index contributed by atoms with van der Waals surface area (Å²) in [6, 6.07) is 3.17. The van der Waals surface area contributed by atoms with E-state index < -0.39 is 0 Å². The lowest BCUT2D eigenvalue weighted by Gasteiger charge is -2.21. The molecular weight excluding hydrogens is 282 g/mol. The second-order valence-corrected chi connectivity index (χ2v) is 4.56. The number of hydrogen-bond acceptors (Lipinski definition) is 4. The molecule has 0 aliphatic rings. The summed E-state index contributed by atoms with van der Waals surface area (Å²) < 4.78 is 10.3. The minimum Gasteiger partial charge on any atom is -0.493 e. The third-order valence-electron chi connectivity index (χ3n) is 2.94. The SMILES string of the molecule is CCN(CCCO)C(=O)c1cc(Cl)c(OC)c(OC)c1. The average Bonchev–Trinajstić information content (AvgIpc) is 2.46. The Bertz CT molecular complexity index is 465. The molecule has 0 saturated carbocycles. The van der Waals surface area contributed by atoms with Gasteiger partial charge < -0.3 is 19.5 Å². The molecule has 1 rings (SSSR count). The van der Waals surface area contributed by atoms with Gasteiger partial charge in [-0.3, -0.25) is 4.79 Å². The van der Waals surface area contributed by atoms with E-state index in [1.807, 2.05) is 6.92 Å². The molecule has 0 spiro atoms. The van der Waals surface area contributed by atoms with Crippen LogP contribution in [0.1, 0.15) is 23.7 Å². The zero-order valence-electron chi connectivity index (χ0n) is 12.0. The van der Waals surface area contributed by atoms with E-state index in [0.717, 1.165) is 0 Å². The van der Waals surface area contributed by atoms with Gasteiger partial charge in [0.2, 0.25) is 0 Å². The van der Waals surface area contributed by atoms with Crippen molar-refractivity contribution in [2.24, 2.45) is 0 Å². The minimum absolute atomic E-state index is 0.0521. The molecule has 20 heavy (non-hydrogen) atoms. The standard InChI is InChI=1S/C14H20ClNO4/c1-4-16(6-5-7-17)14(18)10-8-11(15)13(20-3)12(9-10)19-2/h8-9,17H,4-7H2,1-3H3. The van der Waals surface area contributed by atoms with Gasteiger partial charge in [-0.1, -0.05) is 11.6 Å². The summed E-state index contributed by atoms with van der Waals surface area (Å²) in [7, 11) is 2.98. The first-order chi connectivity index (χ1) is 9.58. The topological polar surface area (TPSA) is 59.0 Å². The molecule has 6 heteroatoms. The van der Waals surface area contributed by atoms with Crippen LogP contribution in [0, 0.1) is 0 Å². The molecule has 0 aromatic heterocycles. The number of methoxy groups -OCH3 is 2. The summed E-state index contributed by atoms with van der Waals surface area (Å²) in [5.41, 5.74) is 0.437. The molecule has 0 heterocycles. The fraction of sp³-hybridized carbons (Fsp3) is 0.500. The van der Waals surface area contributed by atoms with Crippen LogP contribution in [0.15, 0.2) is 12.1 Å². The molecule has 0 radical (unpaired) electrons. The molecule has 0 saturated heterocycles. The predicted octanol–water partition coefficient (Wildman–Crippen LogP) is 2.20. The highest BCUT2D eigenvalue weighted by Gasteiger charge is 2.18. The maximum absolute atomic E-state index is 12.4. The normalized spacial score (nSPS) is 10.2. The van der Waals surface area contributed by atoms with Crippen LogP contribution in [0.25, 0.3) is 0 Å². The summed E-state index contributed by atoms with van der Waals surface area (Å²) >= 11 is 6.09. The summed E-state index contributed by atoms with van der Waals surface area (Å²) in [6.45, 7) is 3.00. The third-order valence-corrected chi connectivity index (χ3v) is 3.22. The van der Waals surface area contributed by atoms with Gasteiger partial charge in [0.15, 0.2) is 11.5 Å². The lowest BCUT2D eigenvalue weighted by Crippen LogP contribution is -2.32. The highest BCUT2D eigenvalue weighted by atomic mass is 35.5. The number of aliphatic hydroxyl groups excluding tert-OH is 1. The molecule has 0 aliphatic heterocycles. The number of ether oxygens (including phenoxy) is 2. The minimum atomic E-state index is -0.149. The van der Waals surface area contributed by atoms with E-state index in [0.29, 0.717) is 41.6 Å². The fourth-order valence-corrected chi connectivity index (χ4v) is 2.18. The molecule has 1 aromatic rings. The largest absolute Gasteiger partial charge is 0.493 e. The number of nitrogens with zero attached hydrogens (tertiary/aromatic N) is 1. The zero-order valence-corrected chi connectivity index (χ0v) is 12.7. The number of aliphatic hydroxyl groups is 1. The van der Waals surface area contributed by atoms with Crippen molar-refractivity contribution in [3.8, 4) is 11.5 Å². The van der Waals surface area contributed by atoms with Crippen LogP contribution in [-0.4, -0.2) is 49.8 Å². The zero-order chi connectivity index (χ0) is 15.1. The van der Waals surface area contributed by atoms with Crippen molar-refractivity contribution >= 4 is 17.5 Å². The first-order valence-corrected chi connectivity index (χ1v) is 6.78. The van der Waals surface area contributed by atoms with E-state index in [9.17, 15) is 4.79 Å². The third kappa shape index (κ3) is 3.77. The van der Waals surface area contributed by atoms with Crippen LogP contribution in [0.2, 0.25) is 5.02 Å². The van der Waals surface area contributed by atoms with Gasteiger partial charge in [0.1, 0.15) is 0 Å². The summed E-state index contributed by atoms with van der Waals surface area (Å²) in [6.07, 6.45) is 0.542. The van der Waals surface area contributed by atoms with Gasteiger partial charge >= 0.3 is 0 Å². The first kappa shape index (κ1) is 16.6. The number of benzene rings is 1. The Morgan fingerprint density at radius 1 is 1.35 bits per heavy atom. The van der Waals surface area contributed by atoms with Crippen molar-refractivity contribution in [2.45, 2.75) is 13.3 Å². The molecule has 0 unspecified atom stereocenters. The maximum atomic E-state index is 12.4. The number of rotatable bonds is 7. The number of amides is 1. The summed E-state index contributed by atoms with van der Waals surface area (Å²) in [5.74, 6) is 0.675. The van der Waals surface area contributed by atoms with E-state index in [1.54, 1.807) is 17.0 Å². The smallest absolute Gasteiger partial charge is 0.254 e. The number of carbonyl (C=O) groups excluding carboxylic acids is 1. The Balaban J connectivity index is 3.06. The summed E-state index contributed by atoms with van der Waals surface area (Å²) in [5, 5.41) is 9.19. The molecule has 1 N–H and O–H groups in total. The lowest BCUT2D eigenvalue weighted by molar-refractivity contribution is 0.0754. The van der Waals surface area contributed by atoms with Gasteiger partial charge in [-0.25, -0.2) is 0 Å². The Morgan fingerprint density at radius 3 is 2.55 bits per heavy atom. The van der Waals surface area contributed by atoms with Gasteiger partial charge in [-0.2, -0.15) is 0 Å². The summed E-state index contributed by atoms with van der Waals surface area (Å²) in [4.78, 5) is 14.0. The molecule has 0 aliphatic carbocycles. The highest BCUT2D eigenvalue weighted by Crippen LogP contribution is 2.36. The molecule has 0 fully saturated rings. The van der Waals surface area contributed by atoms with Crippen molar-refractivity contribution in [3.63, 3.8) is 0 Å². The molecule has 0 bridgehead atoms. The quantitative estimate of drug-likeness (QED) is 0.839. The molecule has 1 aromatic carbocycles. The second-order valence-electron chi connectivity index (χ2n) is 4.16. The van der Waals surface area contributed by atoms with Gasteiger partial charge in [0, 0.05) is 25.3 Å². The van der Waals surface area contributed by atoms with Gasteiger partial charge in [-0.15, -0.1) is 0 Å². The van der Waals surface area contributed by atoms with E-state index in [1.165, 1.54) is 14.2 Å². The molecule has 0 atom stereocenters. The van der Waals surface area contributed by atoms with Gasteiger partial charge in [0.25, 0.3) is 5.91 Å². The van der Waals surface area contributed by atoms with Crippen LogP contribution < -0.4 is 9.47 Å². The second kappa shape index (κ2) is 7.97. The number of halogens is 1. The first-order valence-electron chi connectivity index (χ1n) is 6.40. The van der Waals surface area contributed by atoms with Crippen LogP contribution >= 0.6 is 11.6 Å². The monoisotopic (exact) mass is 301 g/mol. The Hall–Kier alpha value is -1.46. The van der Waals surface area contributed by atoms with E-state index in [2.05, 4.69) is 0 Å². The van der Waals surface area contributed by atoms with Gasteiger partial charge in [0.05, 0.1) is 19.2 Å². The lowest BCUT2D eigenvalue weighted by atomic mass is 10.1. The Kier molecular flexibility index (Phi) is 6.61. The Morgan fingerprint density at radius 2 is 2.05 bits per heavy atom. The van der Waals surface area contributed by atoms with Crippen LogP contribution in [0.3, 0.4) is 0 Å². The maximum Gasteiger partial charge on any atom is 0.254 e. The van der Waals surface area contributed by atoms with Crippen molar-refractivity contribution < 1.29 is 19.4 Å². The Labute approximate surface area is 124 Å². The molecule has 5 nitrogen and oxygen atoms in total. The predicted molar refractivity (Wildman–Crippen MR) is 77.8 cm³/mol. The van der Waals surface area contributed by atoms with E-state index in [4.69, 9.17) is 26.2 Å². The van der Waals surface area contributed by atoms with Crippen LogP contribution in [-0.2, 0) is 0 Å². The van der Waals surface area contributed by atoms with E-state index in [-0.39, 0.29) is 12.5 Å². The van der Waals surface area contributed by atoms with E-state index >= 15 is 0 Å². The van der Waals surface area contributed by atoms with Crippen molar-refractivity contribution in [1.29, 1.82) is 0 Å². The molecular formula is C14H20ClNO4. The van der Waals surface area contributed by atoms with Crippen LogP contribution in [0.5, 0.6) is 11.5 Å². The fourth-order valence-electron chi connectivity index (χ4n) is 1.89. The number of hydrogen-bond donors (Lipinski definition) is 1. The van der Waals surface area contributed by atoms with Crippen molar-refractivity contribution in [1.82, 2.24) is 4.90 Å². The molecule has 112 valence electrons. The number of carbonyl (C=O) groups is 1. The average molecular weight is 302 g/mol.